The van der Waals surface area contributed by atoms with Crippen LogP contribution in [0.1, 0.15) is 22.6 Å². The van der Waals surface area contributed by atoms with Crippen LogP contribution in [0.4, 0.5) is 0 Å². The van der Waals surface area contributed by atoms with Crippen LogP contribution in [0.3, 0.4) is 0 Å². The summed E-state index contributed by atoms with van der Waals surface area (Å²) in [6, 6.07) is 1.79. The van der Waals surface area contributed by atoms with Crippen LogP contribution in [-0.4, -0.2) is 69.3 Å². The van der Waals surface area contributed by atoms with Gasteiger partial charge in [-0.3, -0.25) is 19.2 Å². The second-order valence-electron chi connectivity index (χ2n) is 5.07. The van der Waals surface area contributed by atoms with Crippen molar-refractivity contribution >= 4 is 11.9 Å². The molecule has 1 aromatic rings. The van der Waals surface area contributed by atoms with Gasteiger partial charge in [0.15, 0.2) is 0 Å². The van der Waals surface area contributed by atoms with Crippen LogP contribution in [0.5, 0.6) is 0 Å². The van der Waals surface area contributed by atoms with Crippen LogP contribution in [0.15, 0.2) is 6.07 Å². The monoisotopic (exact) mass is 280 g/mol. The number of aromatic nitrogens is 2. The van der Waals surface area contributed by atoms with Gasteiger partial charge in [-0.25, -0.2) is 0 Å². The molecule has 2 rings (SSSR count). The third-order valence-electron chi connectivity index (χ3n) is 3.52. The second kappa shape index (κ2) is 6.04. The van der Waals surface area contributed by atoms with Gasteiger partial charge >= 0.3 is 5.97 Å². The lowest BCUT2D eigenvalue weighted by molar-refractivity contribution is -0.137. The van der Waals surface area contributed by atoms with E-state index in [4.69, 9.17) is 5.11 Å². The first kappa shape index (κ1) is 14.5. The van der Waals surface area contributed by atoms with Gasteiger partial charge < -0.3 is 10.0 Å². The van der Waals surface area contributed by atoms with Gasteiger partial charge in [-0.15, -0.1) is 0 Å². The lowest BCUT2D eigenvalue weighted by atomic mass is 10.2. The number of piperazine rings is 1. The molecule has 1 aliphatic rings. The molecule has 0 saturated carbocycles. The van der Waals surface area contributed by atoms with E-state index in [-0.39, 0.29) is 12.3 Å². The van der Waals surface area contributed by atoms with Crippen LogP contribution in [0.25, 0.3) is 0 Å². The van der Waals surface area contributed by atoms with E-state index in [1.165, 1.54) is 0 Å². The van der Waals surface area contributed by atoms with Gasteiger partial charge in [0.1, 0.15) is 5.69 Å². The summed E-state index contributed by atoms with van der Waals surface area (Å²) in [5, 5.41) is 12.8. The molecule has 0 unspecified atom stereocenters. The molecule has 110 valence electrons. The molecule has 1 saturated heterocycles. The molecule has 2 heterocycles. The minimum Gasteiger partial charge on any atom is -0.481 e. The summed E-state index contributed by atoms with van der Waals surface area (Å²) in [5.74, 6) is -0.792. The number of rotatable bonds is 4. The van der Waals surface area contributed by atoms with Crippen molar-refractivity contribution in [1.29, 1.82) is 0 Å². The van der Waals surface area contributed by atoms with Crippen molar-refractivity contribution in [3.8, 4) is 0 Å². The Balaban J connectivity index is 1.89. The molecular weight excluding hydrogens is 260 g/mol. The van der Waals surface area contributed by atoms with Crippen LogP contribution in [0.2, 0.25) is 0 Å². The lowest BCUT2D eigenvalue weighted by Gasteiger charge is -2.34. The SMILES string of the molecule is Cc1cc(C(=O)N2CCN(CCC(=O)O)CC2)n(C)n1. The van der Waals surface area contributed by atoms with Gasteiger partial charge in [0.05, 0.1) is 12.1 Å². The fourth-order valence-electron chi connectivity index (χ4n) is 2.40. The average molecular weight is 280 g/mol. The fraction of sp³-hybridized carbons (Fsp3) is 0.615. The van der Waals surface area contributed by atoms with E-state index in [2.05, 4.69) is 10.00 Å². The van der Waals surface area contributed by atoms with Gasteiger partial charge in [0.25, 0.3) is 5.91 Å². The molecule has 0 bridgehead atoms. The Bertz CT molecular complexity index is 504. The number of carboxylic acids is 1. The summed E-state index contributed by atoms with van der Waals surface area (Å²) >= 11 is 0. The zero-order valence-corrected chi connectivity index (χ0v) is 11.9. The summed E-state index contributed by atoms with van der Waals surface area (Å²) in [7, 11) is 1.77. The molecule has 7 nitrogen and oxygen atoms in total. The van der Waals surface area contributed by atoms with Crippen molar-refractivity contribution in [3.63, 3.8) is 0 Å². The van der Waals surface area contributed by atoms with Gasteiger partial charge in [-0.05, 0) is 13.0 Å². The number of nitrogens with zero attached hydrogens (tertiary/aromatic N) is 4. The van der Waals surface area contributed by atoms with Crippen molar-refractivity contribution in [3.05, 3.63) is 17.5 Å². The van der Waals surface area contributed by atoms with Gasteiger partial charge in [-0.1, -0.05) is 0 Å². The predicted octanol–water partition coefficient (Wildman–Crippen LogP) is -0.0390. The number of amides is 1. The highest BCUT2D eigenvalue weighted by atomic mass is 16.4. The van der Waals surface area contributed by atoms with E-state index < -0.39 is 5.97 Å². The first-order valence-electron chi connectivity index (χ1n) is 6.71. The van der Waals surface area contributed by atoms with E-state index in [1.807, 2.05) is 6.92 Å². The number of aryl methyl sites for hydroxylation is 2. The molecule has 0 aliphatic carbocycles. The van der Waals surface area contributed by atoms with Crippen molar-refractivity contribution in [2.24, 2.45) is 7.05 Å². The molecular formula is C13H20N4O3. The lowest BCUT2D eigenvalue weighted by Crippen LogP contribution is -2.49. The number of carbonyl (C=O) groups is 2. The van der Waals surface area contributed by atoms with Crippen molar-refractivity contribution in [2.45, 2.75) is 13.3 Å². The number of aliphatic carboxylic acids is 1. The highest BCUT2D eigenvalue weighted by molar-refractivity contribution is 5.92. The molecule has 20 heavy (non-hydrogen) atoms. The molecule has 0 radical (unpaired) electrons. The first-order valence-corrected chi connectivity index (χ1v) is 6.71. The van der Waals surface area contributed by atoms with Crippen molar-refractivity contribution < 1.29 is 14.7 Å². The maximum Gasteiger partial charge on any atom is 0.304 e. The highest BCUT2D eigenvalue weighted by Gasteiger charge is 2.24. The standard InChI is InChI=1S/C13H20N4O3/c1-10-9-11(15(2)14-10)13(20)17-7-5-16(6-8-17)4-3-12(18)19/h9H,3-8H2,1-2H3,(H,18,19). The number of carboxylic acid groups (broad SMARTS) is 1. The van der Waals surface area contributed by atoms with Gasteiger partial charge in [-0.2, -0.15) is 5.10 Å². The maximum absolute atomic E-state index is 12.4. The Labute approximate surface area is 117 Å². The number of carbonyl (C=O) groups excluding carboxylic acids is 1. The number of hydrogen-bond donors (Lipinski definition) is 1. The Morgan fingerprint density at radius 3 is 2.45 bits per heavy atom. The summed E-state index contributed by atoms with van der Waals surface area (Å²) in [6.45, 7) is 5.10. The normalized spacial score (nSPS) is 16.4. The van der Waals surface area contributed by atoms with E-state index in [0.29, 0.717) is 25.3 Å². The third-order valence-corrected chi connectivity index (χ3v) is 3.52. The maximum atomic E-state index is 12.4. The largest absolute Gasteiger partial charge is 0.481 e. The Morgan fingerprint density at radius 2 is 1.95 bits per heavy atom. The predicted molar refractivity (Wildman–Crippen MR) is 72.5 cm³/mol. The Morgan fingerprint density at radius 1 is 1.30 bits per heavy atom. The molecule has 0 atom stereocenters. The molecule has 1 N–H and O–H groups in total. The van der Waals surface area contributed by atoms with E-state index in [1.54, 1.807) is 22.7 Å². The van der Waals surface area contributed by atoms with Crippen LogP contribution in [-0.2, 0) is 11.8 Å². The highest BCUT2D eigenvalue weighted by Crippen LogP contribution is 2.10. The van der Waals surface area contributed by atoms with E-state index in [9.17, 15) is 9.59 Å². The second-order valence-corrected chi connectivity index (χ2v) is 5.07. The van der Waals surface area contributed by atoms with Crippen LogP contribution < -0.4 is 0 Å². The van der Waals surface area contributed by atoms with Crippen molar-refractivity contribution in [2.75, 3.05) is 32.7 Å². The molecule has 0 spiro atoms. The van der Waals surface area contributed by atoms with Gasteiger partial charge in [0.2, 0.25) is 0 Å². The minimum atomic E-state index is -0.783. The topological polar surface area (TPSA) is 78.7 Å². The summed E-state index contributed by atoms with van der Waals surface area (Å²) in [5.41, 5.74) is 1.43. The third kappa shape index (κ3) is 3.36. The Hall–Kier alpha value is -1.89. The zero-order chi connectivity index (χ0) is 14.7. The summed E-state index contributed by atoms with van der Waals surface area (Å²) in [6.07, 6.45) is 0.148. The quantitative estimate of drug-likeness (QED) is 0.837. The van der Waals surface area contributed by atoms with Crippen LogP contribution in [0, 0.1) is 6.92 Å². The van der Waals surface area contributed by atoms with Crippen LogP contribution >= 0.6 is 0 Å². The molecule has 1 fully saturated rings. The Kier molecular flexibility index (Phi) is 4.39. The van der Waals surface area contributed by atoms with E-state index >= 15 is 0 Å². The van der Waals surface area contributed by atoms with Crippen molar-refractivity contribution in [1.82, 2.24) is 19.6 Å². The summed E-state index contributed by atoms with van der Waals surface area (Å²) < 4.78 is 1.61. The van der Waals surface area contributed by atoms with E-state index in [0.717, 1.165) is 18.8 Å². The molecule has 1 aliphatic heterocycles. The average Bonchev–Trinajstić information content (AvgIpc) is 2.75. The summed E-state index contributed by atoms with van der Waals surface area (Å²) in [4.78, 5) is 26.8. The first-order chi connectivity index (χ1) is 9.47. The minimum absolute atomic E-state index is 0.00835. The van der Waals surface area contributed by atoms with Gasteiger partial charge in [0, 0.05) is 39.8 Å². The zero-order valence-electron chi connectivity index (χ0n) is 11.9. The molecule has 1 amide bonds. The molecule has 0 aromatic carbocycles. The molecule has 1 aromatic heterocycles. The fourth-order valence-corrected chi connectivity index (χ4v) is 2.40. The number of hydrogen-bond acceptors (Lipinski definition) is 4. The molecule has 7 heteroatoms. The smallest absolute Gasteiger partial charge is 0.304 e.